The first kappa shape index (κ1) is 14.9. The predicted octanol–water partition coefficient (Wildman–Crippen LogP) is 4.87. The highest BCUT2D eigenvalue weighted by molar-refractivity contribution is 5.29. The first-order valence-corrected chi connectivity index (χ1v) is 8.78. The molecule has 4 rings (SSSR count). The highest BCUT2D eigenvalue weighted by Gasteiger charge is 2.52. The molecule has 2 atom stereocenters. The Hall–Kier alpha value is -1.64. The van der Waals surface area contributed by atoms with Crippen molar-refractivity contribution in [2.45, 2.75) is 43.3 Å². The van der Waals surface area contributed by atoms with Crippen molar-refractivity contribution >= 4 is 0 Å². The van der Waals surface area contributed by atoms with Crippen molar-refractivity contribution < 1.29 is 9.47 Å². The van der Waals surface area contributed by atoms with Crippen LogP contribution in [0.3, 0.4) is 0 Å². The molecule has 0 amide bonds. The highest BCUT2D eigenvalue weighted by atomic mass is 16.7. The molecule has 1 spiro atoms. The maximum Gasteiger partial charge on any atom is 0.181 e. The van der Waals surface area contributed by atoms with Crippen LogP contribution < -0.4 is 0 Å². The van der Waals surface area contributed by atoms with Gasteiger partial charge in [0.05, 0.1) is 13.2 Å². The van der Waals surface area contributed by atoms with Crippen molar-refractivity contribution in [3.05, 3.63) is 71.8 Å². The monoisotopic (exact) mass is 308 g/mol. The second-order valence-electron chi connectivity index (χ2n) is 6.63. The third-order valence-electron chi connectivity index (χ3n) is 5.30. The lowest BCUT2D eigenvalue weighted by Crippen LogP contribution is -2.52. The van der Waals surface area contributed by atoms with Gasteiger partial charge >= 0.3 is 0 Å². The van der Waals surface area contributed by atoms with Crippen LogP contribution in [-0.4, -0.2) is 19.0 Å². The minimum Gasteiger partial charge on any atom is -0.349 e. The maximum absolute atomic E-state index is 6.42. The standard InChI is InChI=1S/C21H24O2/c1-3-9-17(10-4-1)19-13-7-15-22-21(19)20(14-8-16-23-21)18-11-5-2-6-12-18/h1-6,9-12,19-20H,7-8,13-16H2/t19-,20-,21?/m1/s1. The molecule has 0 radical (unpaired) electrons. The van der Waals surface area contributed by atoms with Crippen LogP contribution in [0.4, 0.5) is 0 Å². The lowest BCUT2D eigenvalue weighted by molar-refractivity contribution is -0.294. The number of ether oxygens (including phenoxy) is 2. The summed E-state index contributed by atoms with van der Waals surface area (Å²) in [6, 6.07) is 21.5. The third-order valence-corrected chi connectivity index (χ3v) is 5.30. The summed E-state index contributed by atoms with van der Waals surface area (Å²) < 4.78 is 12.8. The van der Waals surface area contributed by atoms with Gasteiger partial charge in [-0.15, -0.1) is 0 Å². The van der Waals surface area contributed by atoms with E-state index in [1.54, 1.807) is 0 Å². The summed E-state index contributed by atoms with van der Waals surface area (Å²) in [6.07, 6.45) is 4.47. The Morgan fingerprint density at radius 1 is 0.652 bits per heavy atom. The van der Waals surface area contributed by atoms with Crippen molar-refractivity contribution in [2.24, 2.45) is 0 Å². The average molecular weight is 308 g/mol. The van der Waals surface area contributed by atoms with Gasteiger partial charge in [0.1, 0.15) is 0 Å². The molecule has 2 aromatic rings. The van der Waals surface area contributed by atoms with Crippen molar-refractivity contribution in [3.63, 3.8) is 0 Å². The fraction of sp³-hybridized carbons (Fsp3) is 0.429. The van der Waals surface area contributed by atoms with Gasteiger partial charge < -0.3 is 9.47 Å². The van der Waals surface area contributed by atoms with E-state index in [-0.39, 0.29) is 0 Å². The molecule has 0 saturated carbocycles. The highest BCUT2D eigenvalue weighted by Crippen LogP contribution is 2.51. The molecule has 2 nitrogen and oxygen atoms in total. The summed E-state index contributed by atoms with van der Waals surface area (Å²) in [5, 5.41) is 0. The van der Waals surface area contributed by atoms with Crippen molar-refractivity contribution in [1.29, 1.82) is 0 Å². The minimum absolute atomic E-state index is 0.308. The van der Waals surface area contributed by atoms with Crippen LogP contribution in [0.2, 0.25) is 0 Å². The number of hydrogen-bond acceptors (Lipinski definition) is 2. The Labute approximate surface area is 138 Å². The molecule has 23 heavy (non-hydrogen) atoms. The van der Waals surface area contributed by atoms with E-state index in [0.717, 1.165) is 38.9 Å². The summed E-state index contributed by atoms with van der Waals surface area (Å²) >= 11 is 0. The predicted molar refractivity (Wildman–Crippen MR) is 91.5 cm³/mol. The van der Waals surface area contributed by atoms with Crippen molar-refractivity contribution in [3.8, 4) is 0 Å². The zero-order chi connectivity index (χ0) is 15.5. The van der Waals surface area contributed by atoms with Crippen LogP contribution in [-0.2, 0) is 9.47 Å². The molecule has 2 saturated heterocycles. The third kappa shape index (κ3) is 2.71. The molecule has 0 aliphatic carbocycles. The van der Waals surface area contributed by atoms with E-state index >= 15 is 0 Å². The summed E-state index contributed by atoms with van der Waals surface area (Å²) in [5.41, 5.74) is 2.69. The zero-order valence-corrected chi connectivity index (χ0v) is 13.5. The number of hydrogen-bond donors (Lipinski definition) is 0. The van der Waals surface area contributed by atoms with Gasteiger partial charge in [0.15, 0.2) is 5.79 Å². The van der Waals surface area contributed by atoms with E-state index in [2.05, 4.69) is 60.7 Å². The first-order valence-electron chi connectivity index (χ1n) is 8.78. The number of benzene rings is 2. The normalized spacial score (nSPS) is 27.0. The van der Waals surface area contributed by atoms with Crippen molar-refractivity contribution in [1.82, 2.24) is 0 Å². The Bertz CT molecular complexity index is 565. The molecule has 2 aromatic carbocycles. The van der Waals surface area contributed by atoms with E-state index in [0.29, 0.717) is 11.8 Å². The van der Waals surface area contributed by atoms with Gasteiger partial charge in [0.25, 0.3) is 0 Å². The first-order chi connectivity index (χ1) is 11.4. The van der Waals surface area contributed by atoms with Crippen LogP contribution in [0, 0.1) is 0 Å². The lowest BCUT2D eigenvalue weighted by atomic mass is 9.72. The molecular formula is C21H24O2. The molecular weight excluding hydrogens is 284 g/mol. The smallest absolute Gasteiger partial charge is 0.181 e. The Morgan fingerprint density at radius 2 is 1.09 bits per heavy atom. The molecule has 120 valence electrons. The fourth-order valence-electron chi connectivity index (χ4n) is 4.30. The molecule has 0 aromatic heterocycles. The molecule has 2 fully saturated rings. The maximum atomic E-state index is 6.42. The summed E-state index contributed by atoms with van der Waals surface area (Å²) in [7, 11) is 0. The van der Waals surface area contributed by atoms with Gasteiger partial charge in [-0.1, -0.05) is 60.7 Å². The molecule has 0 N–H and O–H groups in total. The Kier molecular flexibility index (Phi) is 4.19. The van der Waals surface area contributed by atoms with Gasteiger partial charge in [-0.2, -0.15) is 0 Å². The van der Waals surface area contributed by atoms with Crippen molar-refractivity contribution in [2.75, 3.05) is 13.2 Å². The summed E-state index contributed by atoms with van der Waals surface area (Å²) in [6.45, 7) is 1.60. The second-order valence-corrected chi connectivity index (χ2v) is 6.63. The lowest BCUT2D eigenvalue weighted by Gasteiger charge is -2.51. The minimum atomic E-state index is -0.501. The summed E-state index contributed by atoms with van der Waals surface area (Å²) in [5.74, 6) is 0.116. The van der Waals surface area contributed by atoms with Crippen LogP contribution in [0.1, 0.15) is 48.6 Å². The van der Waals surface area contributed by atoms with Gasteiger partial charge in [-0.25, -0.2) is 0 Å². The quantitative estimate of drug-likeness (QED) is 0.788. The summed E-state index contributed by atoms with van der Waals surface area (Å²) in [4.78, 5) is 0. The topological polar surface area (TPSA) is 18.5 Å². The average Bonchev–Trinajstić information content (AvgIpc) is 2.64. The molecule has 2 heterocycles. The molecule has 0 bridgehead atoms. The molecule has 2 aliphatic rings. The van der Waals surface area contributed by atoms with Gasteiger partial charge in [-0.05, 0) is 36.8 Å². The van der Waals surface area contributed by atoms with Gasteiger partial charge in [-0.3, -0.25) is 0 Å². The second kappa shape index (κ2) is 6.46. The van der Waals surface area contributed by atoms with E-state index in [4.69, 9.17) is 9.47 Å². The number of rotatable bonds is 2. The van der Waals surface area contributed by atoms with Gasteiger partial charge in [0.2, 0.25) is 0 Å². The van der Waals surface area contributed by atoms with Crippen LogP contribution >= 0.6 is 0 Å². The van der Waals surface area contributed by atoms with E-state index in [1.165, 1.54) is 11.1 Å². The SMILES string of the molecule is c1ccc([C@H]2CCCOC23OCCC[C@@H]3c2ccccc2)cc1. The Balaban J connectivity index is 1.77. The van der Waals surface area contributed by atoms with Crippen LogP contribution in [0.25, 0.3) is 0 Å². The largest absolute Gasteiger partial charge is 0.349 e. The van der Waals surface area contributed by atoms with Crippen LogP contribution in [0.15, 0.2) is 60.7 Å². The van der Waals surface area contributed by atoms with E-state index in [1.807, 2.05) is 0 Å². The van der Waals surface area contributed by atoms with E-state index in [9.17, 15) is 0 Å². The van der Waals surface area contributed by atoms with E-state index < -0.39 is 5.79 Å². The Morgan fingerprint density at radius 3 is 1.52 bits per heavy atom. The van der Waals surface area contributed by atoms with Gasteiger partial charge in [0, 0.05) is 11.8 Å². The fourth-order valence-corrected chi connectivity index (χ4v) is 4.30. The molecule has 2 aliphatic heterocycles. The molecule has 2 heteroatoms. The molecule has 0 unspecified atom stereocenters. The van der Waals surface area contributed by atoms with Crippen LogP contribution in [0.5, 0.6) is 0 Å². The zero-order valence-electron chi connectivity index (χ0n) is 13.5.